The van der Waals surface area contributed by atoms with E-state index in [-0.39, 0.29) is 11.3 Å². The average molecular weight is 256 g/mol. The van der Waals surface area contributed by atoms with Gasteiger partial charge < -0.3 is 5.32 Å². The predicted octanol–water partition coefficient (Wildman–Crippen LogP) is 2.82. The summed E-state index contributed by atoms with van der Waals surface area (Å²) in [5.74, 6) is 1.36. The van der Waals surface area contributed by atoms with Crippen LogP contribution in [0, 0.1) is 22.7 Å². The van der Waals surface area contributed by atoms with Crippen LogP contribution in [0.15, 0.2) is 0 Å². The zero-order chi connectivity index (χ0) is 13.3. The molecule has 1 N–H and O–H groups in total. The molecule has 0 fully saturated rings. The van der Waals surface area contributed by atoms with E-state index >= 15 is 0 Å². The SMILES string of the molecule is CCCSCCC(C#N)C(=O)NCC(C)(C)C. The van der Waals surface area contributed by atoms with Crippen LogP contribution in [0.25, 0.3) is 0 Å². The quantitative estimate of drug-likeness (QED) is 0.713. The minimum atomic E-state index is -0.498. The van der Waals surface area contributed by atoms with Crippen molar-refractivity contribution in [2.45, 2.75) is 40.5 Å². The van der Waals surface area contributed by atoms with Crippen molar-refractivity contribution in [2.75, 3.05) is 18.1 Å². The third kappa shape index (κ3) is 9.05. The fourth-order valence-corrected chi connectivity index (χ4v) is 2.07. The number of hydrogen-bond donors (Lipinski definition) is 1. The fourth-order valence-electron chi connectivity index (χ4n) is 1.18. The van der Waals surface area contributed by atoms with Gasteiger partial charge in [-0.1, -0.05) is 27.7 Å². The Kier molecular flexibility index (Phi) is 8.07. The number of nitrogens with zero attached hydrogens (tertiary/aromatic N) is 1. The van der Waals surface area contributed by atoms with Gasteiger partial charge in [0, 0.05) is 6.54 Å². The van der Waals surface area contributed by atoms with Gasteiger partial charge in [0.15, 0.2) is 0 Å². The van der Waals surface area contributed by atoms with Crippen LogP contribution in [0.3, 0.4) is 0 Å². The van der Waals surface area contributed by atoms with Gasteiger partial charge >= 0.3 is 0 Å². The van der Waals surface area contributed by atoms with Crippen LogP contribution in [0.2, 0.25) is 0 Å². The molecular formula is C13H24N2OS. The number of amides is 1. The van der Waals surface area contributed by atoms with E-state index in [1.54, 1.807) is 11.8 Å². The third-order valence-electron chi connectivity index (χ3n) is 2.16. The van der Waals surface area contributed by atoms with Gasteiger partial charge in [-0.3, -0.25) is 4.79 Å². The van der Waals surface area contributed by atoms with Gasteiger partial charge in [0.25, 0.3) is 0 Å². The standard InChI is InChI=1S/C13H24N2OS/c1-5-7-17-8-6-11(9-14)12(16)15-10-13(2,3)4/h11H,5-8,10H2,1-4H3,(H,15,16). The highest BCUT2D eigenvalue weighted by atomic mass is 32.2. The second-order valence-corrected chi connectivity index (χ2v) is 6.59. The lowest BCUT2D eigenvalue weighted by molar-refractivity contribution is -0.123. The highest BCUT2D eigenvalue weighted by Crippen LogP contribution is 2.13. The zero-order valence-electron chi connectivity index (χ0n) is 11.4. The lowest BCUT2D eigenvalue weighted by atomic mass is 9.96. The van der Waals surface area contributed by atoms with Crippen molar-refractivity contribution in [1.29, 1.82) is 5.26 Å². The summed E-state index contributed by atoms with van der Waals surface area (Å²) >= 11 is 1.81. The number of rotatable bonds is 7. The van der Waals surface area contributed by atoms with E-state index in [1.807, 2.05) is 0 Å². The van der Waals surface area contributed by atoms with Crippen LogP contribution < -0.4 is 5.32 Å². The topological polar surface area (TPSA) is 52.9 Å². The van der Waals surface area contributed by atoms with E-state index in [0.29, 0.717) is 13.0 Å². The van der Waals surface area contributed by atoms with E-state index in [0.717, 1.165) is 17.9 Å². The Hall–Kier alpha value is -0.690. The lowest BCUT2D eigenvalue weighted by Crippen LogP contribution is -2.36. The van der Waals surface area contributed by atoms with Gasteiger partial charge in [0.2, 0.25) is 5.91 Å². The molecular weight excluding hydrogens is 232 g/mol. The maximum absolute atomic E-state index is 11.7. The van der Waals surface area contributed by atoms with Crippen LogP contribution >= 0.6 is 11.8 Å². The van der Waals surface area contributed by atoms with Gasteiger partial charge in [-0.25, -0.2) is 0 Å². The fraction of sp³-hybridized carbons (Fsp3) is 0.846. The molecule has 0 heterocycles. The summed E-state index contributed by atoms with van der Waals surface area (Å²) in [6.07, 6.45) is 1.79. The molecule has 4 heteroatoms. The Morgan fingerprint density at radius 3 is 2.53 bits per heavy atom. The monoisotopic (exact) mass is 256 g/mol. The molecule has 0 aliphatic rings. The zero-order valence-corrected chi connectivity index (χ0v) is 12.2. The highest BCUT2D eigenvalue weighted by molar-refractivity contribution is 7.99. The molecule has 1 amide bonds. The van der Waals surface area contributed by atoms with Crippen molar-refractivity contribution in [1.82, 2.24) is 5.32 Å². The molecule has 0 saturated heterocycles. The van der Waals surface area contributed by atoms with Crippen molar-refractivity contribution in [2.24, 2.45) is 11.3 Å². The largest absolute Gasteiger partial charge is 0.354 e. The summed E-state index contributed by atoms with van der Waals surface area (Å²) in [5.41, 5.74) is 0.0621. The maximum atomic E-state index is 11.7. The summed E-state index contributed by atoms with van der Waals surface area (Å²) in [6, 6.07) is 2.09. The van der Waals surface area contributed by atoms with Gasteiger partial charge in [0.05, 0.1) is 6.07 Å². The van der Waals surface area contributed by atoms with Gasteiger partial charge in [-0.05, 0) is 29.8 Å². The second-order valence-electron chi connectivity index (χ2n) is 5.36. The van der Waals surface area contributed by atoms with Crippen molar-refractivity contribution >= 4 is 17.7 Å². The number of carbonyl (C=O) groups excluding carboxylic acids is 1. The molecule has 0 rings (SSSR count). The molecule has 1 unspecified atom stereocenters. The second kappa shape index (κ2) is 8.41. The average Bonchev–Trinajstić information content (AvgIpc) is 2.25. The van der Waals surface area contributed by atoms with E-state index in [4.69, 9.17) is 5.26 Å². The molecule has 98 valence electrons. The van der Waals surface area contributed by atoms with Crippen LogP contribution in [-0.4, -0.2) is 24.0 Å². The van der Waals surface area contributed by atoms with Crippen LogP contribution in [0.4, 0.5) is 0 Å². The van der Waals surface area contributed by atoms with Crippen LogP contribution in [0.5, 0.6) is 0 Å². The minimum Gasteiger partial charge on any atom is -0.354 e. The number of hydrogen-bond acceptors (Lipinski definition) is 3. The van der Waals surface area contributed by atoms with E-state index in [2.05, 4.69) is 39.1 Å². The Balaban J connectivity index is 3.93. The minimum absolute atomic E-state index is 0.0621. The molecule has 0 aromatic heterocycles. The summed E-state index contributed by atoms with van der Waals surface area (Å²) in [7, 11) is 0. The normalized spacial score (nSPS) is 12.9. The van der Waals surface area contributed by atoms with Crippen LogP contribution in [-0.2, 0) is 4.79 Å². The molecule has 0 radical (unpaired) electrons. The Bertz CT molecular complexity index is 266. The van der Waals surface area contributed by atoms with Crippen LogP contribution in [0.1, 0.15) is 40.5 Å². The summed E-state index contributed by atoms with van der Waals surface area (Å²) in [6.45, 7) is 8.93. The van der Waals surface area contributed by atoms with Crippen molar-refractivity contribution in [3.63, 3.8) is 0 Å². The molecule has 0 aromatic rings. The molecule has 0 spiro atoms. The number of carbonyl (C=O) groups is 1. The van der Waals surface area contributed by atoms with E-state index in [9.17, 15) is 4.79 Å². The van der Waals surface area contributed by atoms with Gasteiger partial charge in [-0.2, -0.15) is 17.0 Å². The van der Waals surface area contributed by atoms with E-state index < -0.39 is 5.92 Å². The number of nitriles is 1. The van der Waals surface area contributed by atoms with E-state index in [1.165, 1.54) is 0 Å². The first-order chi connectivity index (χ1) is 7.90. The molecule has 0 aliphatic heterocycles. The number of thioether (sulfide) groups is 1. The summed E-state index contributed by atoms with van der Waals surface area (Å²) in [4.78, 5) is 11.7. The molecule has 3 nitrogen and oxygen atoms in total. The Morgan fingerprint density at radius 1 is 1.41 bits per heavy atom. The number of nitrogens with one attached hydrogen (secondary N) is 1. The third-order valence-corrected chi connectivity index (χ3v) is 3.39. The molecule has 0 aromatic carbocycles. The predicted molar refractivity (Wildman–Crippen MR) is 73.8 cm³/mol. The summed E-state index contributed by atoms with van der Waals surface area (Å²) in [5, 5.41) is 11.8. The smallest absolute Gasteiger partial charge is 0.237 e. The van der Waals surface area contributed by atoms with Gasteiger partial charge in [-0.15, -0.1) is 0 Å². The molecule has 0 saturated carbocycles. The molecule has 0 bridgehead atoms. The Labute approximate surface area is 109 Å². The first-order valence-corrected chi connectivity index (χ1v) is 7.31. The summed E-state index contributed by atoms with van der Waals surface area (Å²) < 4.78 is 0. The van der Waals surface area contributed by atoms with Gasteiger partial charge in [0.1, 0.15) is 5.92 Å². The first-order valence-electron chi connectivity index (χ1n) is 6.15. The lowest BCUT2D eigenvalue weighted by Gasteiger charge is -2.19. The van der Waals surface area contributed by atoms with Crippen molar-refractivity contribution < 1.29 is 4.79 Å². The molecule has 1 atom stereocenters. The molecule has 0 aliphatic carbocycles. The molecule has 17 heavy (non-hydrogen) atoms. The van der Waals surface area contributed by atoms with Crippen molar-refractivity contribution in [3.8, 4) is 6.07 Å². The first kappa shape index (κ1) is 16.3. The Morgan fingerprint density at radius 2 is 2.06 bits per heavy atom. The highest BCUT2D eigenvalue weighted by Gasteiger charge is 2.19. The maximum Gasteiger partial charge on any atom is 0.237 e. The van der Waals surface area contributed by atoms with Crippen molar-refractivity contribution in [3.05, 3.63) is 0 Å².